The Balaban J connectivity index is 2.23. The fraction of sp³-hybridized carbons (Fsp3) is 0.562. The number of carboxylic acid groups (broad SMARTS) is 1. The minimum absolute atomic E-state index is 0.0146. The number of aryl methyl sites for hydroxylation is 1. The molecule has 2 atom stereocenters. The van der Waals surface area contributed by atoms with Crippen LogP contribution in [0.5, 0.6) is 5.75 Å². The van der Waals surface area contributed by atoms with Crippen molar-refractivity contribution in [2.24, 2.45) is 0 Å². The Bertz CT molecular complexity index is 505. The van der Waals surface area contributed by atoms with Gasteiger partial charge in [0.2, 0.25) is 0 Å². The van der Waals surface area contributed by atoms with E-state index in [1.807, 2.05) is 32.0 Å². The van der Waals surface area contributed by atoms with Crippen LogP contribution >= 0.6 is 11.6 Å². The molecule has 0 aliphatic rings. The molecule has 0 aromatic heterocycles. The molecule has 0 saturated heterocycles. The van der Waals surface area contributed by atoms with Gasteiger partial charge in [0.1, 0.15) is 5.75 Å². The van der Waals surface area contributed by atoms with Gasteiger partial charge in [0.05, 0.1) is 6.61 Å². The number of hydrogen-bond donors (Lipinski definition) is 3. The predicted molar refractivity (Wildman–Crippen MR) is 86.6 cm³/mol. The highest BCUT2D eigenvalue weighted by molar-refractivity contribution is 6.31. The SMILES string of the molecule is Cc1cc(OCCCC(C)NCC(C)(O)C(=O)O)ccc1Cl. The zero-order chi connectivity index (χ0) is 16.8. The van der Waals surface area contributed by atoms with E-state index in [4.69, 9.17) is 21.4 Å². The first-order valence-electron chi connectivity index (χ1n) is 7.30. The Labute approximate surface area is 136 Å². The molecule has 0 bridgehead atoms. The van der Waals surface area contributed by atoms with Crippen LogP contribution in [-0.2, 0) is 4.79 Å². The molecule has 0 fully saturated rings. The summed E-state index contributed by atoms with van der Waals surface area (Å²) in [6.45, 7) is 5.74. The average Bonchev–Trinajstić information content (AvgIpc) is 2.45. The second kappa shape index (κ2) is 8.36. The van der Waals surface area contributed by atoms with Crippen molar-refractivity contribution in [3.05, 3.63) is 28.8 Å². The van der Waals surface area contributed by atoms with Gasteiger partial charge in [-0.1, -0.05) is 11.6 Å². The van der Waals surface area contributed by atoms with Gasteiger partial charge in [-0.05, 0) is 57.4 Å². The zero-order valence-electron chi connectivity index (χ0n) is 13.2. The molecule has 5 nitrogen and oxygen atoms in total. The van der Waals surface area contributed by atoms with Gasteiger partial charge >= 0.3 is 5.97 Å². The molecule has 1 aromatic rings. The zero-order valence-corrected chi connectivity index (χ0v) is 14.0. The molecule has 0 spiro atoms. The van der Waals surface area contributed by atoms with Crippen molar-refractivity contribution in [2.45, 2.75) is 45.3 Å². The predicted octanol–water partition coefficient (Wildman–Crippen LogP) is 2.62. The maximum absolute atomic E-state index is 10.8. The van der Waals surface area contributed by atoms with E-state index in [2.05, 4.69) is 5.32 Å². The molecule has 6 heteroatoms. The van der Waals surface area contributed by atoms with E-state index in [1.54, 1.807) is 0 Å². The Kier molecular flexibility index (Phi) is 7.13. The van der Waals surface area contributed by atoms with Crippen LogP contribution in [0.3, 0.4) is 0 Å². The Hall–Kier alpha value is -1.30. The van der Waals surface area contributed by atoms with Crippen molar-refractivity contribution in [3.8, 4) is 5.75 Å². The molecule has 0 aliphatic carbocycles. The van der Waals surface area contributed by atoms with Gasteiger partial charge in [-0.15, -0.1) is 0 Å². The summed E-state index contributed by atoms with van der Waals surface area (Å²) in [5, 5.41) is 22.2. The third-order valence-corrected chi connectivity index (χ3v) is 3.86. The summed E-state index contributed by atoms with van der Waals surface area (Å²) < 4.78 is 5.65. The van der Waals surface area contributed by atoms with E-state index in [9.17, 15) is 9.90 Å². The van der Waals surface area contributed by atoms with Crippen LogP contribution in [0.15, 0.2) is 18.2 Å². The van der Waals surface area contributed by atoms with Gasteiger partial charge in [0.15, 0.2) is 5.60 Å². The highest BCUT2D eigenvalue weighted by Gasteiger charge is 2.29. The summed E-state index contributed by atoms with van der Waals surface area (Å²) in [5.41, 5.74) is -0.768. The quantitative estimate of drug-likeness (QED) is 0.607. The van der Waals surface area contributed by atoms with Crippen LogP contribution in [-0.4, -0.2) is 41.0 Å². The molecule has 3 N–H and O–H groups in total. The highest BCUT2D eigenvalue weighted by atomic mass is 35.5. The van der Waals surface area contributed by atoms with Crippen molar-refractivity contribution < 1.29 is 19.7 Å². The molecule has 124 valence electrons. The summed E-state index contributed by atoms with van der Waals surface area (Å²) >= 11 is 5.95. The first kappa shape index (κ1) is 18.7. The Morgan fingerprint density at radius 3 is 2.77 bits per heavy atom. The lowest BCUT2D eigenvalue weighted by molar-refractivity contribution is -0.156. The lowest BCUT2D eigenvalue weighted by Gasteiger charge is -2.21. The van der Waals surface area contributed by atoms with Gasteiger partial charge in [-0.25, -0.2) is 4.79 Å². The minimum atomic E-state index is -1.74. The van der Waals surface area contributed by atoms with Gasteiger partial charge in [-0.3, -0.25) is 0 Å². The molecule has 1 rings (SSSR count). The number of aliphatic hydroxyl groups is 1. The van der Waals surface area contributed by atoms with E-state index >= 15 is 0 Å². The maximum atomic E-state index is 10.8. The lowest BCUT2D eigenvalue weighted by Crippen LogP contribution is -2.47. The van der Waals surface area contributed by atoms with Crippen molar-refractivity contribution in [1.29, 1.82) is 0 Å². The Morgan fingerprint density at radius 1 is 1.50 bits per heavy atom. The van der Waals surface area contributed by atoms with Gasteiger partial charge in [0, 0.05) is 17.6 Å². The number of rotatable bonds is 9. The third-order valence-electron chi connectivity index (χ3n) is 3.44. The molecular formula is C16H24ClNO4. The van der Waals surface area contributed by atoms with Crippen LogP contribution in [0, 0.1) is 6.92 Å². The average molecular weight is 330 g/mol. The number of benzene rings is 1. The van der Waals surface area contributed by atoms with E-state index in [0.29, 0.717) is 6.61 Å². The van der Waals surface area contributed by atoms with Crippen molar-refractivity contribution in [3.63, 3.8) is 0 Å². The molecular weight excluding hydrogens is 306 g/mol. The van der Waals surface area contributed by atoms with E-state index in [0.717, 1.165) is 29.2 Å². The minimum Gasteiger partial charge on any atom is -0.494 e. The number of carboxylic acids is 1. The number of aliphatic carboxylic acids is 1. The summed E-state index contributed by atoms with van der Waals surface area (Å²) in [5.74, 6) is -0.440. The van der Waals surface area contributed by atoms with Crippen LogP contribution in [0.1, 0.15) is 32.3 Å². The number of hydrogen-bond acceptors (Lipinski definition) is 4. The second-order valence-electron chi connectivity index (χ2n) is 5.76. The topological polar surface area (TPSA) is 78.8 Å². The molecule has 0 saturated carbocycles. The van der Waals surface area contributed by atoms with Gasteiger partial charge < -0.3 is 20.3 Å². The molecule has 0 radical (unpaired) electrons. The van der Waals surface area contributed by atoms with Crippen LogP contribution in [0.25, 0.3) is 0 Å². The first-order valence-corrected chi connectivity index (χ1v) is 7.68. The van der Waals surface area contributed by atoms with Gasteiger partial charge in [0.25, 0.3) is 0 Å². The summed E-state index contributed by atoms with van der Waals surface area (Å²) in [4.78, 5) is 10.8. The van der Waals surface area contributed by atoms with Crippen LogP contribution in [0.2, 0.25) is 5.02 Å². The summed E-state index contributed by atoms with van der Waals surface area (Å²) in [7, 11) is 0. The van der Waals surface area contributed by atoms with Crippen LogP contribution < -0.4 is 10.1 Å². The first-order chi connectivity index (χ1) is 10.2. The molecule has 1 aromatic carbocycles. The van der Waals surface area contributed by atoms with E-state index in [-0.39, 0.29) is 12.6 Å². The number of ether oxygens (including phenoxy) is 1. The van der Waals surface area contributed by atoms with Crippen molar-refractivity contribution >= 4 is 17.6 Å². The maximum Gasteiger partial charge on any atom is 0.336 e. The number of carbonyl (C=O) groups is 1. The lowest BCUT2D eigenvalue weighted by atomic mass is 10.1. The standard InChI is InChI=1S/C16H24ClNO4/c1-11-9-13(6-7-14(11)17)22-8-4-5-12(2)18-10-16(3,21)15(19)20/h6-7,9,12,18,21H,4-5,8,10H2,1-3H3,(H,19,20). The van der Waals surface area contributed by atoms with E-state index in [1.165, 1.54) is 6.92 Å². The molecule has 0 aliphatic heterocycles. The molecule has 0 heterocycles. The second-order valence-corrected chi connectivity index (χ2v) is 6.17. The molecule has 2 unspecified atom stereocenters. The molecule has 22 heavy (non-hydrogen) atoms. The fourth-order valence-corrected chi connectivity index (χ4v) is 1.95. The summed E-state index contributed by atoms with van der Waals surface area (Å²) in [6, 6.07) is 5.64. The summed E-state index contributed by atoms with van der Waals surface area (Å²) in [6.07, 6.45) is 1.65. The highest BCUT2D eigenvalue weighted by Crippen LogP contribution is 2.21. The normalized spacial score (nSPS) is 15.1. The number of nitrogens with one attached hydrogen (secondary N) is 1. The van der Waals surface area contributed by atoms with Crippen molar-refractivity contribution in [2.75, 3.05) is 13.2 Å². The molecule has 0 amide bonds. The Morgan fingerprint density at radius 2 is 2.18 bits per heavy atom. The smallest absolute Gasteiger partial charge is 0.336 e. The monoisotopic (exact) mass is 329 g/mol. The van der Waals surface area contributed by atoms with E-state index < -0.39 is 11.6 Å². The largest absolute Gasteiger partial charge is 0.494 e. The fourth-order valence-electron chi connectivity index (χ4n) is 1.84. The van der Waals surface area contributed by atoms with Crippen LogP contribution in [0.4, 0.5) is 0 Å². The van der Waals surface area contributed by atoms with Gasteiger partial charge in [-0.2, -0.15) is 0 Å². The van der Waals surface area contributed by atoms with Crippen molar-refractivity contribution in [1.82, 2.24) is 5.32 Å². The third kappa shape index (κ3) is 6.22. The number of halogens is 1.